The second kappa shape index (κ2) is 5.45. The summed E-state index contributed by atoms with van der Waals surface area (Å²) < 4.78 is 24.1. The van der Waals surface area contributed by atoms with Crippen LogP contribution in [0.2, 0.25) is 0 Å². The van der Waals surface area contributed by atoms with Crippen molar-refractivity contribution in [1.29, 1.82) is 0 Å². The van der Waals surface area contributed by atoms with Crippen molar-refractivity contribution in [3.8, 4) is 0 Å². The predicted molar refractivity (Wildman–Crippen MR) is 67.9 cm³/mol. The van der Waals surface area contributed by atoms with E-state index in [-0.39, 0.29) is 17.5 Å². The molecule has 3 nitrogen and oxygen atoms in total. The van der Waals surface area contributed by atoms with Gasteiger partial charge in [0.05, 0.1) is 10.6 Å². The summed E-state index contributed by atoms with van der Waals surface area (Å²) >= 11 is 0. The predicted octanol–water partition coefficient (Wildman–Crippen LogP) is 2.56. The molecule has 0 spiro atoms. The first kappa shape index (κ1) is 13.9. The van der Waals surface area contributed by atoms with Gasteiger partial charge in [0, 0.05) is 5.92 Å². The quantitative estimate of drug-likeness (QED) is 0.811. The Kier molecular flexibility index (Phi) is 4.46. The summed E-state index contributed by atoms with van der Waals surface area (Å²) in [6, 6.07) is 6.76. The van der Waals surface area contributed by atoms with E-state index in [9.17, 15) is 13.2 Å². The number of carbonyl (C=O) groups excluding carboxylic acids is 1. The highest BCUT2D eigenvalue weighted by Crippen LogP contribution is 2.25. The molecule has 1 rings (SSSR count). The highest BCUT2D eigenvalue weighted by atomic mass is 32.2. The Morgan fingerprint density at radius 2 is 1.88 bits per heavy atom. The number of hydrogen-bond acceptors (Lipinski definition) is 3. The maximum Gasteiger partial charge on any atom is 0.178 e. The van der Waals surface area contributed by atoms with Crippen LogP contribution in [0.5, 0.6) is 0 Å². The van der Waals surface area contributed by atoms with Crippen molar-refractivity contribution in [3.05, 3.63) is 29.8 Å². The molecule has 0 bridgehead atoms. The molecule has 1 aromatic carbocycles. The highest BCUT2D eigenvalue weighted by Gasteiger charge is 2.22. The second-order valence-electron chi connectivity index (χ2n) is 4.19. The first-order valence-corrected chi connectivity index (χ1v) is 7.37. The molecule has 1 aromatic rings. The molecule has 0 aromatic heterocycles. The van der Waals surface area contributed by atoms with E-state index in [2.05, 4.69) is 0 Å². The molecule has 4 heteroatoms. The number of carbonyl (C=O) groups is 1. The number of rotatable bonds is 5. The molecule has 0 N–H and O–H groups in total. The van der Waals surface area contributed by atoms with Gasteiger partial charge < -0.3 is 0 Å². The minimum Gasteiger partial charge on any atom is -0.299 e. The van der Waals surface area contributed by atoms with Crippen molar-refractivity contribution in [2.45, 2.75) is 38.0 Å². The van der Waals surface area contributed by atoms with Gasteiger partial charge in [-0.05, 0) is 25.0 Å². The molecule has 0 aliphatic rings. The molecule has 0 radical (unpaired) electrons. The van der Waals surface area contributed by atoms with E-state index >= 15 is 0 Å². The van der Waals surface area contributed by atoms with Gasteiger partial charge >= 0.3 is 0 Å². The van der Waals surface area contributed by atoms with Crippen LogP contribution in [0.1, 0.15) is 38.7 Å². The van der Waals surface area contributed by atoms with Gasteiger partial charge in [0.25, 0.3) is 0 Å². The molecule has 1 unspecified atom stereocenters. The van der Waals surface area contributed by atoms with E-state index in [1.807, 2.05) is 6.92 Å². The zero-order valence-electron chi connectivity index (χ0n) is 10.4. The molecule has 17 heavy (non-hydrogen) atoms. The summed E-state index contributed by atoms with van der Waals surface area (Å²) in [6.45, 7) is 5.05. The third kappa shape index (κ3) is 3.16. The van der Waals surface area contributed by atoms with Crippen molar-refractivity contribution in [1.82, 2.24) is 0 Å². The SMILES string of the molecule is CCCS(=O)(=O)c1ccccc1C(C)C(C)=O. The van der Waals surface area contributed by atoms with Crippen LogP contribution >= 0.6 is 0 Å². The van der Waals surface area contributed by atoms with Crippen molar-refractivity contribution in [2.24, 2.45) is 0 Å². The molecule has 94 valence electrons. The van der Waals surface area contributed by atoms with Gasteiger partial charge in [-0.1, -0.05) is 32.0 Å². The van der Waals surface area contributed by atoms with Crippen LogP contribution < -0.4 is 0 Å². The zero-order valence-corrected chi connectivity index (χ0v) is 11.3. The van der Waals surface area contributed by atoms with Crippen LogP contribution in [0.3, 0.4) is 0 Å². The van der Waals surface area contributed by atoms with Crippen LogP contribution in [0.15, 0.2) is 29.2 Å². The summed E-state index contributed by atoms with van der Waals surface area (Å²) in [4.78, 5) is 11.7. The van der Waals surface area contributed by atoms with Crippen molar-refractivity contribution >= 4 is 15.6 Å². The molecule has 0 saturated carbocycles. The molecule has 0 amide bonds. The van der Waals surface area contributed by atoms with Gasteiger partial charge in [0.15, 0.2) is 9.84 Å². The van der Waals surface area contributed by atoms with Crippen LogP contribution in [0.4, 0.5) is 0 Å². The second-order valence-corrected chi connectivity index (χ2v) is 6.27. The normalized spacial score (nSPS) is 13.4. The highest BCUT2D eigenvalue weighted by molar-refractivity contribution is 7.91. The molecule has 0 heterocycles. The van der Waals surface area contributed by atoms with Crippen LogP contribution in [-0.2, 0) is 14.6 Å². The van der Waals surface area contributed by atoms with E-state index in [0.29, 0.717) is 16.9 Å². The molecule has 0 saturated heterocycles. The van der Waals surface area contributed by atoms with E-state index in [4.69, 9.17) is 0 Å². The first-order valence-electron chi connectivity index (χ1n) is 5.72. The van der Waals surface area contributed by atoms with Gasteiger partial charge in [-0.2, -0.15) is 0 Å². The van der Waals surface area contributed by atoms with Crippen molar-refractivity contribution in [3.63, 3.8) is 0 Å². The van der Waals surface area contributed by atoms with E-state index in [1.165, 1.54) is 6.92 Å². The minimum atomic E-state index is -3.27. The lowest BCUT2D eigenvalue weighted by Crippen LogP contribution is -2.13. The minimum absolute atomic E-state index is 0.0239. The Morgan fingerprint density at radius 1 is 1.29 bits per heavy atom. The fourth-order valence-corrected chi connectivity index (χ4v) is 3.37. The molecule has 1 atom stereocenters. The lowest BCUT2D eigenvalue weighted by molar-refractivity contribution is -0.118. The number of ketones is 1. The maximum atomic E-state index is 12.1. The fourth-order valence-electron chi connectivity index (χ4n) is 1.72. The Hall–Kier alpha value is -1.16. The Morgan fingerprint density at radius 3 is 2.41 bits per heavy atom. The van der Waals surface area contributed by atoms with E-state index in [0.717, 1.165) is 0 Å². The Labute approximate surface area is 103 Å². The number of hydrogen-bond donors (Lipinski definition) is 0. The summed E-state index contributed by atoms with van der Waals surface area (Å²) in [5, 5.41) is 0. The van der Waals surface area contributed by atoms with Crippen molar-refractivity contribution in [2.75, 3.05) is 5.75 Å². The van der Waals surface area contributed by atoms with Crippen LogP contribution in [0, 0.1) is 0 Å². The average molecular weight is 254 g/mol. The first-order chi connectivity index (χ1) is 7.90. The summed E-state index contributed by atoms with van der Waals surface area (Å²) in [5.74, 6) is -0.281. The number of benzene rings is 1. The monoisotopic (exact) mass is 254 g/mol. The van der Waals surface area contributed by atoms with Gasteiger partial charge in [-0.3, -0.25) is 4.79 Å². The standard InChI is InChI=1S/C13H18O3S/c1-4-9-17(15,16)13-8-6-5-7-12(13)10(2)11(3)14/h5-8,10H,4,9H2,1-3H3. The largest absolute Gasteiger partial charge is 0.299 e. The molecule has 0 aliphatic carbocycles. The average Bonchev–Trinajstić information content (AvgIpc) is 2.28. The molecule has 0 aliphatic heterocycles. The lowest BCUT2D eigenvalue weighted by atomic mass is 9.98. The fraction of sp³-hybridized carbons (Fsp3) is 0.462. The maximum absolute atomic E-state index is 12.1. The zero-order chi connectivity index (χ0) is 13.1. The third-order valence-electron chi connectivity index (χ3n) is 2.80. The van der Waals surface area contributed by atoms with Gasteiger partial charge in [-0.25, -0.2) is 8.42 Å². The molecule has 0 fully saturated rings. The molecular weight excluding hydrogens is 236 g/mol. The Balaban J connectivity index is 3.31. The molecular formula is C13H18O3S. The van der Waals surface area contributed by atoms with E-state index < -0.39 is 9.84 Å². The van der Waals surface area contributed by atoms with Gasteiger partial charge in [-0.15, -0.1) is 0 Å². The smallest absolute Gasteiger partial charge is 0.178 e. The summed E-state index contributed by atoms with van der Waals surface area (Å²) in [7, 11) is -3.27. The summed E-state index contributed by atoms with van der Waals surface area (Å²) in [6.07, 6.45) is 0.575. The summed E-state index contributed by atoms with van der Waals surface area (Å²) in [5.41, 5.74) is 0.605. The van der Waals surface area contributed by atoms with Gasteiger partial charge in [0.2, 0.25) is 0 Å². The number of Topliss-reactive ketones (excluding diaryl/α,β-unsaturated/α-hetero) is 1. The number of sulfone groups is 1. The third-order valence-corrected chi connectivity index (χ3v) is 4.79. The van der Waals surface area contributed by atoms with Crippen LogP contribution in [-0.4, -0.2) is 20.0 Å². The Bertz CT molecular complexity index is 503. The van der Waals surface area contributed by atoms with Gasteiger partial charge in [0.1, 0.15) is 5.78 Å². The van der Waals surface area contributed by atoms with Crippen molar-refractivity contribution < 1.29 is 13.2 Å². The van der Waals surface area contributed by atoms with E-state index in [1.54, 1.807) is 31.2 Å². The van der Waals surface area contributed by atoms with Crippen LogP contribution in [0.25, 0.3) is 0 Å². The lowest BCUT2D eigenvalue weighted by Gasteiger charge is -2.13. The topological polar surface area (TPSA) is 51.2 Å².